The summed E-state index contributed by atoms with van der Waals surface area (Å²) < 4.78 is 11.8. The number of anilines is 1. The molecule has 1 aromatic rings. The van der Waals surface area contributed by atoms with Crippen molar-refractivity contribution in [2.45, 2.75) is 0 Å². The van der Waals surface area contributed by atoms with Crippen LogP contribution in [0.25, 0.3) is 0 Å². The Morgan fingerprint density at radius 2 is 2.25 bits per heavy atom. The second kappa shape index (κ2) is 1.69. The summed E-state index contributed by atoms with van der Waals surface area (Å²) in [4.78, 5) is 9.21. The highest BCUT2D eigenvalue weighted by Crippen LogP contribution is 1.85. The van der Waals surface area contributed by atoms with Gasteiger partial charge in [0.25, 0.3) is 0 Å². The predicted molar refractivity (Wildman–Crippen MR) is 23.0 cm³/mol. The molecule has 0 aromatic carbocycles. The van der Waals surface area contributed by atoms with Crippen molar-refractivity contribution >= 4 is 5.95 Å². The monoisotopic (exact) mass is 113 g/mol. The third-order valence-electron chi connectivity index (χ3n) is 0.514. The molecule has 1 heterocycles. The average Bonchev–Trinajstić information content (AvgIpc) is 1.64. The molecule has 5 heteroatoms. The van der Waals surface area contributed by atoms with Crippen LogP contribution in [0.3, 0.4) is 0 Å². The number of aromatic nitrogens is 3. The van der Waals surface area contributed by atoms with E-state index in [1.54, 1.807) is 0 Å². The lowest BCUT2D eigenvalue weighted by Crippen LogP contribution is -1.98. The number of nitrogen functional groups attached to an aromatic ring is 1. The topological polar surface area (TPSA) is 64.7 Å². The summed E-state index contributed by atoms with van der Waals surface area (Å²) in [5.74, 6) is -0.155. The first-order valence-corrected chi connectivity index (χ1v) is 1.82. The van der Waals surface area contributed by atoms with Crippen molar-refractivity contribution in [2.24, 2.45) is 0 Å². The summed E-state index contributed by atoms with van der Waals surface area (Å²) in [5.41, 5.74) is 4.93. The van der Waals surface area contributed by atoms with Crippen molar-refractivity contribution in [1.29, 1.82) is 0 Å². The Morgan fingerprint density at radius 1 is 1.50 bits per heavy atom. The molecule has 0 amide bonds. The van der Waals surface area contributed by atoms with Crippen LogP contribution in [0.5, 0.6) is 0 Å². The van der Waals surface area contributed by atoms with E-state index in [9.17, 15) is 4.39 Å². The van der Waals surface area contributed by atoms with Gasteiger partial charge in [-0.05, 0) is 0 Å². The molecule has 1 radical (unpaired) electrons. The predicted octanol–water partition coefficient (Wildman–Crippen LogP) is -0.607. The molecule has 0 unspecified atom stereocenters. The van der Waals surface area contributed by atoms with Crippen LogP contribution in [0.4, 0.5) is 10.3 Å². The summed E-state index contributed by atoms with van der Waals surface area (Å²) in [6, 6.07) is 0. The zero-order chi connectivity index (χ0) is 5.98. The van der Waals surface area contributed by atoms with E-state index in [2.05, 4.69) is 15.0 Å². The number of rotatable bonds is 0. The van der Waals surface area contributed by atoms with E-state index in [-0.39, 0.29) is 5.95 Å². The van der Waals surface area contributed by atoms with E-state index >= 15 is 0 Å². The maximum atomic E-state index is 11.8. The molecule has 2 N–H and O–H groups in total. The molecule has 1 rings (SSSR count). The van der Waals surface area contributed by atoms with Crippen molar-refractivity contribution in [3.05, 3.63) is 12.4 Å². The first-order valence-electron chi connectivity index (χ1n) is 1.82. The van der Waals surface area contributed by atoms with E-state index in [1.165, 1.54) is 0 Å². The third-order valence-corrected chi connectivity index (χ3v) is 0.514. The number of nitrogens with zero attached hydrogens (tertiary/aromatic N) is 3. The fourth-order valence-electron chi connectivity index (χ4n) is 0.262. The molecule has 8 heavy (non-hydrogen) atoms. The summed E-state index contributed by atoms with van der Waals surface area (Å²) >= 11 is 0. The van der Waals surface area contributed by atoms with Crippen molar-refractivity contribution in [1.82, 2.24) is 15.0 Å². The highest BCUT2D eigenvalue weighted by Gasteiger charge is 1.90. The van der Waals surface area contributed by atoms with Crippen LogP contribution in [0.15, 0.2) is 0 Å². The molecule has 0 fully saturated rings. The van der Waals surface area contributed by atoms with Crippen LogP contribution in [0, 0.1) is 12.4 Å². The first kappa shape index (κ1) is 4.89. The highest BCUT2D eigenvalue weighted by atomic mass is 19.1. The van der Waals surface area contributed by atoms with Gasteiger partial charge in [0, 0.05) is 0 Å². The number of hydrogen-bond donors (Lipinski definition) is 1. The molecule has 0 bridgehead atoms. The van der Waals surface area contributed by atoms with Crippen LogP contribution in [-0.2, 0) is 0 Å². The second-order valence-corrected chi connectivity index (χ2v) is 1.06. The Balaban J connectivity index is 3.08. The van der Waals surface area contributed by atoms with Crippen molar-refractivity contribution < 1.29 is 4.39 Å². The summed E-state index contributed by atoms with van der Waals surface area (Å²) in [5, 5.41) is 0. The van der Waals surface area contributed by atoms with Gasteiger partial charge < -0.3 is 5.73 Å². The van der Waals surface area contributed by atoms with E-state index in [1.807, 2.05) is 6.33 Å². The first-order chi connectivity index (χ1) is 3.79. The minimum absolute atomic E-state index is 0.155. The standard InChI is InChI=1S/C3H2FN4/c4-2-6-1-7-3(5)8-2/h(H2,5,6,7,8). The molecule has 0 spiro atoms. The molecule has 41 valence electrons. The minimum atomic E-state index is -0.905. The van der Waals surface area contributed by atoms with Gasteiger partial charge in [0.15, 0.2) is 0 Å². The highest BCUT2D eigenvalue weighted by molar-refractivity contribution is 5.08. The second-order valence-electron chi connectivity index (χ2n) is 1.06. The van der Waals surface area contributed by atoms with Gasteiger partial charge in [-0.1, -0.05) is 0 Å². The normalized spacial score (nSPS) is 9.12. The maximum absolute atomic E-state index is 11.8. The molecule has 0 saturated carbocycles. The molecule has 0 aliphatic heterocycles. The van der Waals surface area contributed by atoms with Crippen molar-refractivity contribution in [3.63, 3.8) is 0 Å². The molecule has 0 saturated heterocycles. The Labute approximate surface area is 44.6 Å². The van der Waals surface area contributed by atoms with Gasteiger partial charge in [-0.2, -0.15) is 19.3 Å². The van der Waals surface area contributed by atoms with Crippen LogP contribution in [-0.4, -0.2) is 15.0 Å². The molecule has 1 aromatic heterocycles. The SMILES string of the molecule is Nc1n[c]nc(F)n1. The quantitative estimate of drug-likeness (QED) is 0.487. The molecular formula is C3H2FN4. The Morgan fingerprint density at radius 3 is 2.62 bits per heavy atom. The van der Waals surface area contributed by atoms with E-state index in [0.29, 0.717) is 0 Å². The molecule has 0 aliphatic rings. The summed E-state index contributed by atoms with van der Waals surface area (Å²) in [7, 11) is 0. The van der Waals surface area contributed by atoms with Crippen molar-refractivity contribution in [3.8, 4) is 0 Å². The number of nitrogens with two attached hydrogens (primary N) is 1. The Bertz CT molecular complexity index is 171. The van der Waals surface area contributed by atoms with Gasteiger partial charge in [-0.25, -0.2) is 0 Å². The largest absolute Gasteiger partial charge is 0.368 e. The van der Waals surface area contributed by atoms with Crippen LogP contribution in [0.1, 0.15) is 0 Å². The van der Waals surface area contributed by atoms with Gasteiger partial charge >= 0.3 is 6.08 Å². The molecule has 4 nitrogen and oxygen atoms in total. The van der Waals surface area contributed by atoms with E-state index in [0.717, 1.165) is 0 Å². The van der Waals surface area contributed by atoms with Gasteiger partial charge in [0.1, 0.15) is 0 Å². The summed E-state index contributed by atoms with van der Waals surface area (Å²) in [6.45, 7) is 0. The van der Waals surface area contributed by atoms with E-state index < -0.39 is 6.08 Å². The lowest BCUT2D eigenvalue weighted by atomic mass is 11.0. The average molecular weight is 113 g/mol. The fourth-order valence-corrected chi connectivity index (χ4v) is 0.262. The van der Waals surface area contributed by atoms with Gasteiger partial charge in [-0.15, -0.1) is 0 Å². The van der Waals surface area contributed by atoms with Gasteiger partial charge in [0.05, 0.1) is 0 Å². The lowest BCUT2D eigenvalue weighted by molar-refractivity contribution is 0.533. The smallest absolute Gasteiger partial charge is 0.314 e. The Hall–Kier alpha value is -1.26. The maximum Gasteiger partial charge on any atom is 0.314 e. The fraction of sp³-hybridized carbons (Fsp3) is 0. The minimum Gasteiger partial charge on any atom is -0.368 e. The zero-order valence-corrected chi connectivity index (χ0v) is 3.80. The zero-order valence-electron chi connectivity index (χ0n) is 3.80. The van der Waals surface area contributed by atoms with E-state index in [4.69, 9.17) is 5.73 Å². The van der Waals surface area contributed by atoms with Crippen LogP contribution in [0.2, 0.25) is 0 Å². The molecule has 0 atom stereocenters. The van der Waals surface area contributed by atoms with Crippen LogP contribution >= 0.6 is 0 Å². The van der Waals surface area contributed by atoms with Crippen LogP contribution < -0.4 is 5.73 Å². The van der Waals surface area contributed by atoms with Gasteiger partial charge in [0.2, 0.25) is 12.3 Å². The van der Waals surface area contributed by atoms with Crippen molar-refractivity contribution in [2.75, 3.05) is 5.73 Å². The number of hydrogen-bond acceptors (Lipinski definition) is 4. The van der Waals surface area contributed by atoms with Gasteiger partial charge in [-0.3, -0.25) is 0 Å². The number of halogens is 1. The molecular weight excluding hydrogens is 111 g/mol. The third kappa shape index (κ3) is 0.868. The summed E-state index contributed by atoms with van der Waals surface area (Å²) in [6.07, 6.45) is 1.06. The Kier molecular flexibility index (Phi) is 1.03. The lowest BCUT2D eigenvalue weighted by Gasteiger charge is -1.84. The molecule has 0 aliphatic carbocycles.